The van der Waals surface area contributed by atoms with Gasteiger partial charge in [0.15, 0.2) is 17.3 Å². The molecule has 0 bridgehead atoms. The lowest BCUT2D eigenvalue weighted by Gasteiger charge is -2.16. The quantitative estimate of drug-likeness (QED) is 0.768. The van der Waals surface area contributed by atoms with Crippen molar-refractivity contribution in [2.75, 3.05) is 5.32 Å². The van der Waals surface area contributed by atoms with Gasteiger partial charge in [-0.1, -0.05) is 0 Å². The number of aryl methyl sites for hydroxylation is 2. The van der Waals surface area contributed by atoms with E-state index < -0.39 is 5.79 Å². The molecule has 7 heteroatoms. The molecule has 3 aromatic rings. The lowest BCUT2D eigenvalue weighted by molar-refractivity contribution is -0.0431. The van der Waals surface area contributed by atoms with E-state index in [9.17, 15) is 4.79 Å². The predicted octanol–water partition coefficient (Wildman–Crippen LogP) is 3.64. The van der Waals surface area contributed by atoms with Crippen LogP contribution in [0.1, 0.15) is 35.6 Å². The summed E-state index contributed by atoms with van der Waals surface area (Å²) in [4.78, 5) is 16.9. The molecule has 0 saturated carbocycles. The third-order valence-corrected chi connectivity index (χ3v) is 4.15. The number of rotatable bonds is 3. The summed E-state index contributed by atoms with van der Waals surface area (Å²) >= 11 is 0. The Bertz CT molecular complexity index is 1020. The molecular formula is C20H20N4O3. The molecule has 1 aromatic carbocycles. The minimum Gasteiger partial charge on any atom is -0.449 e. The van der Waals surface area contributed by atoms with Crippen molar-refractivity contribution in [2.45, 2.75) is 33.5 Å². The topological polar surface area (TPSA) is 78.3 Å². The first-order valence-corrected chi connectivity index (χ1v) is 8.64. The number of ether oxygens (including phenoxy) is 2. The van der Waals surface area contributed by atoms with Gasteiger partial charge in [-0.25, -0.2) is 9.67 Å². The molecule has 2 aromatic heterocycles. The maximum absolute atomic E-state index is 12.5. The molecule has 1 N–H and O–H groups in total. The summed E-state index contributed by atoms with van der Waals surface area (Å²) < 4.78 is 13.1. The fourth-order valence-corrected chi connectivity index (χ4v) is 3.01. The van der Waals surface area contributed by atoms with Gasteiger partial charge in [0.05, 0.1) is 11.3 Å². The van der Waals surface area contributed by atoms with Gasteiger partial charge in [0.1, 0.15) is 0 Å². The van der Waals surface area contributed by atoms with Crippen molar-refractivity contribution in [3.05, 3.63) is 59.5 Å². The van der Waals surface area contributed by atoms with Crippen LogP contribution in [0.5, 0.6) is 11.5 Å². The van der Waals surface area contributed by atoms with Crippen molar-refractivity contribution in [2.24, 2.45) is 0 Å². The number of amides is 1. The second kappa shape index (κ2) is 6.12. The Balaban J connectivity index is 1.50. The molecule has 0 fully saturated rings. The van der Waals surface area contributed by atoms with Gasteiger partial charge in [0.2, 0.25) is 5.79 Å². The molecule has 3 heterocycles. The summed E-state index contributed by atoms with van der Waals surface area (Å²) in [6, 6.07) is 10.8. The molecular weight excluding hydrogens is 344 g/mol. The zero-order valence-electron chi connectivity index (χ0n) is 15.6. The van der Waals surface area contributed by atoms with E-state index in [1.165, 1.54) is 6.20 Å². The van der Waals surface area contributed by atoms with E-state index in [1.54, 1.807) is 35.0 Å². The standard InChI is InChI=1S/C20H20N4O3/c1-12-9-13(2)24(23-12)18-8-5-14(11-21-18)19(25)22-15-6-7-16-17(10-15)27-20(3,4)26-16/h5-11H,1-4H3,(H,22,25). The van der Waals surface area contributed by atoms with Crippen LogP contribution in [-0.4, -0.2) is 26.5 Å². The van der Waals surface area contributed by atoms with E-state index in [1.807, 2.05) is 33.8 Å². The molecule has 0 aliphatic carbocycles. The molecule has 0 spiro atoms. The van der Waals surface area contributed by atoms with Crippen LogP contribution in [0.25, 0.3) is 5.82 Å². The van der Waals surface area contributed by atoms with Crippen molar-refractivity contribution in [1.82, 2.24) is 14.8 Å². The molecule has 1 aliphatic rings. The largest absolute Gasteiger partial charge is 0.449 e. The molecule has 0 radical (unpaired) electrons. The van der Waals surface area contributed by atoms with Crippen LogP contribution >= 0.6 is 0 Å². The summed E-state index contributed by atoms with van der Waals surface area (Å²) in [5, 5.41) is 7.25. The number of pyridine rings is 1. The minimum atomic E-state index is -0.701. The van der Waals surface area contributed by atoms with Gasteiger partial charge >= 0.3 is 0 Å². The first kappa shape index (κ1) is 17.1. The average Bonchev–Trinajstić information content (AvgIpc) is 3.11. The highest BCUT2D eigenvalue weighted by Gasteiger charge is 2.31. The molecule has 1 amide bonds. The van der Waals surface area contributed by atoms with Crippen LogP contribution in [0.4, 0.5) is 5.69 Å². The third-order valence-electron chi connectivity index (χ3n) is 4.15. The van der Waals surface area contributed by atoms with Gasteiger partial charge in [-0.2, -0.15) is 5.10 Å². The third kappa shape index (κ3) is 3.36. The van der Waals surface area contributed by atoms with E-state index in [0.717, 1.165) is 11.4 Å². The summed E-state index contributed by atoms with van der Waals surface area (Å²) in [7, 11) is 0. The van der Waals surface area contributed by atoms with Crippen LogP contribution in [0.2, 0.25) is 0 Å². The average molecular weight is 364 g/mol. The van der Waals surface area contributed by atoms with Crippen molar-refractivity contribution in [3.8, 4) is 17.3 Å². The molecule has 1 aliphatic heterocycles. The Morgan fingerprint density at radius 2 is 1.85 bits per heavy atom. The molecule has 4 rings (SSSR count). The number of nitrogens with one attached hydrogen (secondary N) is 1. The van der Waals surface area contributed by atoms with E-state index in [2.05, 4.69) is 15.4 Å². The first-order chi connectivity index (χ1) is 12.8. The van der Waals surface area contributed by atoms with Crippen molar-refractivity contribution < 1.29 is 14.3 Å². The number of carbonyl (C=O) groups excluding carboxylic acids is 1. The Morgan fingerprint density at radius 1 is 1.07 bits per heavy atom. The normalized spacial score (nSPS) is 14.2. The van der Waals surface area contributed by atoms with Crippen LogP contribution in [-0.2, 0) is 0 Å². The number of fused-ring (bicyclic) bond motifs is 1. The van der Waals surface area contributed by atoms with Crippen LogP contribution < -0.4 is 14.8 Å². The van der Waals surface area contributed by atoms with Gasteiger partial charge in [0.25, 0.3) is 5.91 Å². The van der Waals surface area contributed by atoms with Gasteiger partial charge in [-0.05, 0) is 44.2 Å². The van der Waals surface area contributed by atoms with E-state index >= 15 is 0 Å². The molecule has 138 valence electrons. The van der Waals surface area contributed by atoms with Gasteiger partial charge in [-0.15, -0.1) is 0 Å². The number of hydrogen-bond donors (Lipinski definition) is 1. The van der Waals surface area contributed by atoms with E-state index in [0.29, 0.717) is 28.6 Å². The highest BCUT2D eigenvalue weighted by molar-refractivity contribution is 6.04. The number of nitrogens with zero attached hydrogens (tertiary/aromatic N) is 3. The molecule has 0 saturated heterocycles. The van der Waals surface area contributed by atoms with E-state index in [4.69, 9.17) is 9.47 Å². The number of benzene rings is 1. The van der Waals surface area contributed by atoms with Gasteiger partial charge in [0, 0.05) is 37.5 Å². The van der Waals surface area contributed by atoms with Gasteiger partial charge < -0.3 is 14.8 Å². The predicted molar refractivity (Wildman–Crippen MR) is 101 cm³/mol. The molecule has 27 heavy (non-hydrogen) atoms. The fourth-order valence-electron chi connectivity index (χ4n) is 3.01. The minimum absolute atomic E-state index is 0.249. The second-order valence-corrected chi connectivity index (χ2v) is 6.96. The maximum Gasteiger partial charge on any atom is 0.257 e. The Morgan fingerprint density at radius 3 is 2.52 bits per heavy atom. The smallest absolute Gasteiger partial charge is 0.257 e. The SMILES string of the molecule is Cc1cc(C)n(-c2ccc(C(=O)Nc3ccc4c(c3)OC(C)(C)O4)cn2)n1. The zero-order chi connectivity index (χ0) is 19.2. The number of aromatic nitrogens is 3. The zero-order valence-corrected chi connectivity index (χ0v) is 15.6. The Hall–Kier alpha value is -3.35. The Labute approximate surface area is 156 Å². The van der Waals surface area contributed by atoms with Gasteiger partial charge in [-0.3, -0.25) is 4.79 Å². The van der Waals surface area contributed by atoms with Crippen LogP contribution in [0, 0.1) is 13.8 Å². The fraction of sp³-hybridized carbons (Fsp3) is 0.250. The van der Waals surface area contributed by atoms with Crippen molar-refractivity contribution in [3.63, 3.8) is 0 Å². The van der Waals surface area contributed by atoms with Crippen molar-refractivity contribution >= 4 is 11.6 Å². The number of anilines is 1. The van der Waals surface area contributed by atoms with Crippen LogP contribution in [0.15, 0.2) is 42.6 Å². The summed E-state index contributed by atoms with van der Waals surface area (Å²) in [5.41, 5.74) is 2.99. The molecule has 7 nitrogen and oxygen atoms in total. The van der Waals surface area contributed by atoms with Crippen molar-refractivity contribution in [1.29, 1.82) is 0 Å². The summed E-state index contributed by atoms with van der Waals surface area (Å²) in [6.07, 6.45) is 1.54. The lowest BCUT2D eigenvalue weighted by Crippen LogP contribution is -2.29. The first-order valence-electron chi connectivity index (χ1n) is 8.64. The monoisotopic (exact) mass is 364 g/mol. The van der Waals surface area contributed by atoms with Crippen LogP contribution in [0.3, 0.4) is 0 Å². The number of carbonyl (C=O) groups is 1. The summed E-state index contributed by atoms with van der Waals surface area (Å²) in [6.45, 7) is 7.56. The highest BCUT2D eigenvalue weighted by atomic mass is 16.7. The molecule has 0 unspecified atom stereocenters. The highest BCUT2D eigenvalue weighted by Crippen LogP contribution is 2.40. The maximum atomic E-state index is 12.5. The molecule has 0 atom stereocenters. The lowest BCUT2D eigenvalue weighted by atomic mass is 10.2. The number of hydrogen-bond acceptors (Lipinski definition) is 5. The van der Waals surface area contributed by atoms with E-state index in [-0.39, 0.29) is 5.91 Å². The second-order valence-electron chi connectivity index (χ2n) is 6.96. The summed E-state index contributed by atoms with van der Waals surface area (Å²) in [5.74, 6) is 0.987. The Kier molecular flexibility index (Phi) is 3.87.